The van der Waals surface area contributed by atoms with Crippen molar-refractivity contribution in [3.63, 3.8) is 0 Å². The van der Waals surface area contributed by atoms with Gasteiger partial charge in [0.25, 0.3) is 0 Å². The molecule has 0 aromatic rings. The van der Waals surface area contributed by atoms with Gasteiger partial charge < -0.3 is 13.6 Å². The summed E-state index contributed by atoms with van der Waals surface area (Å²) < 4.78 is 175. The smallest absolute Gasteiger partial charge is 0.309 e. The van der Waals surface area contributed by atoms with Gasteiger partial charge in [-0.05, 0) is 33.7 Å². The minimum Gasteiger partial charge on any atom is -0.309 e. The Labute approximate surface area is 191 Å². The zero-order valence-corrected chi connectivity index (χ0v) is 19.9. The van der Waals surface area contributed by atoms with E-state index in [1.807, 2.05) is 0 Å². The molecule has 0 unspecified atom stereocenters. The second kappa shape index (κ2) is 10.9. The Morgan fingerprint density at radius 1 is 0.515 bits per heavy atom. The Bertz CT molecular complexity index is 751. The van der Waals surface area contributed by atoms with E-state index in [1.165, 1.54) is 0 Å². The summed E-state index contributed by atoms with van der Waals surface area (Å²) in [5, 5.41) is 0. The molecule has 6 nitrogen and oxygen atoms in total. The van der Waals surface area contributed by atoms with Crippen molar-refractivity contribution in [2.75, 3.05) is 19.8 Å². The Kier molecular flexibility index (Phi) is 10.5. The molecule has 0 radical (unpaired) electrons. The van der Waals surface area contributed by atoms with Crippen molar-refractivity contribution in [1.29, 1.82) is 0 Å². The first-order valence-corrected chi connectivity index (χ1v) is 15.0. The molecule has 0 bridgehead atoms. The van der Waals surface area contributed by atoms with E-state index in [9.17, 15) is 52.7 Å². The average molecular weight is 634 g/mol. The van der Waals surface area contributed by atoms with Crippen LogP contribution in [0.25, 0.3) is 0 Å². The van der Waals surface area contributed by atoms with Crippen LogP contribution in [-0.4, -0.2) is 56.9 Å². The first-order chi connectivity index (χ1) is 14.6. The van der Waals surface area contributed by atoms with Crippen molar-refractivity contribution in [1.82, 2.24) is 0 Å². The lowest BCUT2D eigenvalue weighted by Gasteiger charge is -2.29. The third-order valence-electron chi connectivity index (χ3n) is 2.88. The molecule has 0 N–H and O–H groups in total. The molecule has 0 aromatic heterocycles. The van der Waals surface area contributed by atoms with E-state index >= 15 is 0 Å². The third-order valence-corrected chi connectivity index (χ3v) is 14.1. The maximum atomic E-state index is 13.1. The fourth-order valence-corrected chi connectivity index (χ4v) is 14.5. The van der Waals surface area contributed by atoms with Gasteiger partial charge in [0.15, 0.2) is 0 Å². The predicted molar refractivity (Wildman–Crippen MR) is 96.3 cm³/mol. The molecule has 1 rings (SSSR count). The minimum atomic E-state index is -4.92. The molecule has 0 amide bonds. The summed E-state index contributed by atoms with van der Waals surface area (Å²) in [5.74, 6) is -14.7. The molecule has 1 aliphatic rings. The van der Waals surface area contributed by atoms with Gasteiger partial charge in [0.05, 0.1) is 0 Å². The summed E-state index contributed by atoms with van der Waals surface area (Å²) in [7, 11) is 0. The van der Waals surface area contributed by atoms with Crippen molar-refractivity contribution in [2.24, 2.45) is 13.5 Å². The third kappa shape index (κ3) is 9.20. The van der Waals surface area contributed by atoms with E-state index in [1.54, 1.807) is 0 Å². The monoisotopic (exact) mass is 633 g/mol. The van der Waals surface area contributed by atoms with Crippen LogP contribution in [0.4, 0.5) is 52.7 Å². The van der Waals surface area contributed by atoms with E-state index in [0.29, 0.717) is 0 Å². The molecule has 33 heavy (non-hydrogen) atoms. The van der Waals surface area contributed by atoms with Crippen LogP contribution in [-0.2, 0) is 13.6 Å². The normalized spacial score (nSPS) is 29.3. The number of nitrogens with zero attached hydrogens (tertiary/aromatic N) is 3. The van der Waals surface area contributed by atoms with Gasteiger partial charge in [-0.2, -0.15) is 39.9 Å². The highest BCUT2D eigenvalue weighted by Gasteiger charge is 2.48. The van der Waals surface area contributed by atoms with Gasteiger partial charge >= 0.3 is 57.4 Å². The maximum absolute atomic E-state index is 13.1. The molecule has 0 aromatic carbocycles. The van der Waals surface area contributed by atoms with Crippen molar-refractivity contribution in [3.05, 3.63) is 0 Å². The van der Waals surface area contributed by atoms with Gasteiger partial charge in [-0.1, -0.05) is 0 Å². The SMILES string of the molecule is FC(F)C(F)(F)COP1(Cl)=NP(Cl)(OCC(F)(F)C(F)F)=NP(Cl)(OCC(F)(F)C(F)F)=N1. The Hall–Kier alpha value is 0.600. The van der Waals surface area contributed by atoms with Crippen molar-refractivity contribution < 1.29 is 66.3 Å². The molecule has 0 fully saturated rings. The number of halogens is 15. The Morgan fingerprint density at radius 2 is 0.697 bits per heavy atom. The second-order valence-electron chi connectivity index (χ2n) is 5.69. The summed E-state index contributed by atoms with van der Waals surface area (Å²) >= 11 is 17.0. The largest absolute Gasteiger partial charge is 0.330 e. The molecule has 24 heteroatoms. The lowest BCUT2D eigenvalue weighted by atomic mass is 10.4. The predicted octanol–water partition coefficient (Wildman–Crippen LogP) is 9.31. The fourth-order valence-electron chi connectivity index (χ4n) is 1.31. The number of hydrogen-bond donors (Lipinski definition) is 0. The molecule has 0 saturated heterocycles. The van der Waals surface area contributed by atoms with Crippen LogP contribution in [0.5, 0.6) is 0 Å². The van der Waals surface area contributed by atoms with Crippen LogP contribution in [0.1, 0.15) is 0 Å². The van der Waals surface area contributed by atoms with Gasteiger partial charge in [-0.3, -0.25) is 0 Å². The van der Waals surface area contributed by atoms with Gasteiger partial charge in [0, 0.05) is 0 Å². The van der Waals surface area contributed by atoms with E-state index < -0.39 is 77.2 Å². The Balaban J connectivity index is 3.42. The zero-order valence-electron chi connectivity index (χ0n) is 14.9. The number of hydrogen-bond acceptors (Lipinski definition) is 6. The standard InChI is InChI=1S/C9H9Cl3F12N3O3P3/c10-31(28-1-7(19,20)4(13)14)25-32(11,29-2-8(21,22)5(15)16)27-33(12,26-31)30-3-9(23,24)6(17)18/h4-6H,1-3H2. The second-order valence-corrected chi connectivity index (χ2v) is 15.4. The number of rotatable bonds is 12. The van der Waals surface area contributed by atoms with Crippen LogP contribution in [0.15, 0.2) is 13.5 Å². The van der Waals surface area contributed by atoms with E-state index in [-0.39, 0.29) is 0 Å². The molecule has 0 aliphatic carbocycles. The van der Waals surface area contributed by atoms with E-state index in [0.717, 1.165) is 0 Å². The Morgan fingerprint density at radius 3 is 0.848 bits per heavy atom. The van der Waals surface area contributed by atoms with Gasteiger partial charge in [0.1, 0.15) is 19.8 Å². The quantitative estimate of drug-likeness (QED) is 0.159. The summed E-state index contributed by atoms with van der Waals surface area (Å²) in [4.78, 5) is 0. The molecular formula is C9H9Cl3F12N3O3P3. The molecule has 0 saturated carbocycles. The summed E-state index contributed by atoms with van der Waals surface area (Å²) in [6.07, 6.45) is -13.0. The summed E-state index contributed by atoms with van der Waals surface area (Å²) in [5.41, 5.74) is 0. The summed E-state index contributed by atoms with van der Waals surface area (Å²) in [6.45, 7) is -21.5. The highest BCUT2D eigenvalue weighted by molar-refractivity contribution is 8.05. The number of alkyl halides is 12. The molecule has 198 valence electrons. The van der Waals surface area contributed by atoms with Crippen LogP contribution in [0.2, 0.25) is 0 Å². The zero-order chi connectivity index (χ0) is 26.1. The lowest BCUT2D eigenvalue weighted by molar-refractivity contribution is -0.147. The minimum absolute atomic E-state index is 2.26. The summed E-state index contributed by atoms with van der Waals surface area (Å²) in [6, 6.07) is 0. The average Bonchev–Trinajstić information content (AvgIpc) is 2.62. The topological polar surface area (TPSA) is 64.8 Å². The van der Waals surface area contributed by atoms with Crippen LogP contribution >= 0.6 is 54.1 Å². The van der Waals surface area contributed by atoms with Crippen molar-refractivity contribution in [3.8, 4) is 0 Å². The van der Waals surface area contributed by atoms with Gasteiger partial charge in [-0.25, -0.2) is 26.3 Å². The first kappa shape index (κ1) is 31.6. The van der Waals surface area contributed by atoms with E-state index in [4.69, 9.17) is 33.7 Å². The molecule has 0 atom stereocenters. The fraction of sp³-hybridized carbons (Fsp3) is 1.00. The molecule has 0 spiro atoms. The lowest BCUT2D eigenvalue weighted by Crippen LogP contribution is -2.32. The van der Waals surface area contributed by atoms with Gasteiger partial charge in [0.2, 0.25) is 0 Å². The first-order valence-electron chi connectivity index (χ1n) is 7.49. The molecule has 1 aliphatic heterocycles. The molecular weight excluding hydrogens is 625 g/mol. The van der Waals surface area contributed by atoms with Crippen molar-refractivity contribution in [2.45, 2.75) is 37.0 Å². The van der Waals surface area contributed by atoms with Gasteiger partial charge in [-0.15, -0.1) is 0 Å². The maximum Gasteiger partial charge on any atom is 0.330 e. The van der Waals surface area contributed by atoms with Crippen molar-refractivity contribution >= 4 is 54.1 Å². The highest BCUT2D eigenvalue weighted by Crippen LogP contribution is 2.84. The molecule has 1 heterocycles. The van der Waals surface area contributed by atoms with Crippen LogP contribution < -0.4 is 0 Å². The van der Waals surface area contributed by atoms with Crippen LogP contribution in [0.3, 0.4) is 0 Å². The van der Waals surface area contributed by atoms with Crippen LogP contribution in [0, 0.1) is 0 Å². The highest BCUT2D eigenvalue weighted by atomic mass is 35.7. The van der Waals surface area contributed by atoms with E-state index in [2.05, 4.69) is 27.1 Å².